The maximum absolute atomic E-state index is 7.00. The average molecular weight is 221 g/mol. The normalized spacial score (nSPS) is 9.00. The van der Waals surface area contributed by atoms with Gasteiger partial charge < -0.3 is 5.11 Å². The molecule has 0 unspecified atom stereocenters. The Kier molecular flexibility index (Phi) is 7.06. The molecule has 0 atom stereocenters. The highest BCUT2D eigenvalue weighted by atomic mass is 35.5. The second-order valence-corrected chi connectivity index (χ2v) is 3.26. The van der Waals surface area contributed by atoms with Crippen LogP contribution < -0.4 is 0 Å². The van der Waals surface area contributed by atoms with Crippen LogP contribution in [0.5, 0.6) is 0 Å². The topological polar surface area (TPSA) is 20.2 Å². The molecule has 0 bridgehead atoms. The van der Waals surface area contributed by atoms with E-state index in [0.717, 1.165) is 35.6 Å². The van der Waals surface area contributed by atoms with Crippen LogP contribution in [0.15, 0.2) is 18.2 Å². The largest absolute Gasteiger partial charge is 0.400 e. The standard InChI is InChI=1S/C9H10Cl2.CH4O/c1-2-4-7-8(10)5-3-6-9(7)11;1-2/h3,5-6H,2,4H2,1H3;2H,1H3. The molecule has 0 aromatic heterocycles. The fraction of sp³-hybridized carbons (Fsp3) is 0.400. The Bertz CT molecular complexity index is 228. The highest BCUT2D eigenvalue weighted by molar-refractivity contribution is 6.35. The van der Waals surface area contributed by atoms with Gasteiger partial charge in [-0.05, 0) is 24.1 Å². The van der Waals surface area contributed by atoms with Crippen molar-refractivity contribution in [1.82, 2.24) is 0 Å². The maximum Gasteiger partial charge on any atom is 0.0452 e. The Morgan fingerprint density at radius 2 is 1.62 bits per heavy atom. The van der Waals surface area contributed by atoms with Crippen molar-refractivity contribution in [2.24, 2.45) is 0 Å². The van der Waals surface area contributed by atoms with Crippen molar-refractivity contribution in [3.05, 3.63) is 33.8 Å². The van der Waals surface area contributed by atoms with Gasteiger partial charge in [-0.15, -0.1) is 0 Å². The van der Waals surface area contributed by atoms with Gasteiger partial charge in [-0.25, -0.2) is 0 Å². The van der Waals surface area contributed by atoms with Gasteiger partial charge in [0.2, 0.25) is 0 Å². The molecule has 0 saturated heterocycles. The molecule has 0 radical (unpaired) electrons. The summed E-state index contributed by atoms with van der Waals surface area (Å²) in [6.07, 6.45) is 2.03. The zero-order chi connectivity index (χ0) is 10.3. The van der Waals surface area contributed by atoms with E-state index in [1.807, 2.05) is 18.2 Å². The third-order valence-corrected chi connectivity index (χ3v) is 2.27. The number of aliphatic hydroxyl groups excluding tert-OH is 1. The Hall–Kier alpha value is -0.240. The van der Waals surface area contributed by atoms with Gasteiger partial charge in [0.05, 0.1) is 0 Å². The van der Waals surface area contributed by atoms with Gasteiger partial charge in [-0.3, -0.25) is 0 Å². The van der Waals surface area contributed by atoms with E-state index in [0.29, 0.717) is 0 Å². The molecule has 0 aliphatic rings. The van der Waals surface area contributed by atoms with E-state index in [4.69, 9.17) is 28.3 Å². The number of rotatable bonds is 2. The van der Waals surface area contributed by atoms with Gasteiger partial charge in [-0.1, -0.05) is 42.6 Å². The lowest BCUT2D eigenvalue weighted by Gasteiger charge is -2.03. The van der Waals surface area contributed by atoms with Crippen molar-refractivity contribution in [3.8, 4) is 0 Å². The second-order valence-electron chi connectivity index (χ2n) is 2.45. The minimum absolute atomic E-state index is 0.777. The van der Waals surface area contributed by atoms with Gasteiger partial charge in [0.1, 0.15) is 0 Å². The van der Waals surface area contributed by atoms with Crippen LogP contribution in [0, 0.1) is 0 Å². The van der Waals surface area contributed by atoms with Crippen LogP contribution in [-0.4, -0.2) is 12.2 Å². The second kappa shape index (κ2) is 7.19. The molecule has 0 amide bonds. The highest BCUT2D eigenvalue weighted by Crippen LogP contribution is 2.25. The van der Waals surface area contributed by atoms with Gasteiger partial charge in [0, 0.05) is 17.2 Å². The molecule has 13 heavy (non-hydrogen) atoms. The fourth-order valence-electron chi connectivity index (χ4n) is 1.02. The summed E-state index contributed by atoms with van der Waals surface area (Å²) >= 11 is 11.8. The summed E-state index contributed by atoms with van der Waals surface area (Å²) in [5, 5.41) is 8.55. The molecule has 1 rings (SSSR count). The lowest BCUT2D eigenvalue weighted by atomic mass is 10.1. The number of benzene rings is 1. The van der Waals surface area contributed by atoms with Crippen molar-refractivity contribution in [2.45, 2.75) is 19.8 Å². The molecule has 0 aliphatic heterocycles. The first-order chi connectivity index (χ1) is 6.25. The van der Waals surface area contributed by atoms with Gasteiger partial charge in [-0.2, -0.15) is 0 Å². The van der Waals surface area contributed by atoms with Crippen LogP contribution in [0.1, 0.15) is 18.9 Å². The molecule has 0 heterocycles. The first kappa shape index (κ1) is 12.8. The van der Waals surface area contributed by atoms with Crippen molar-refractivity contribution in [1.29, 1.82) is 0 Å². The molecular formula is C10H14Cl2O. The van der Waals surface area contributed by atoms with Crippen molar-refractivity contribution in [3.63, 3.8) is 0 Å². The third kappa shape index (κ3) is 3.99. The molecule has 74 valence electrons. The van der Waals surface area contributed by atoms with E-state index in [9.17, 15) is 0 Å². The van der Waals surface area contributed by atoms with Crippen LogP contribution in [0.2, 0.25) is 10.0 Å². The zero-order valence-electron chi connectivity index (χ0n) is 7.85. The highest BCUT2D eigenvalue weighted by Gasteiger charge is 2.02. The van der Waals surface area contributed by atoms with Crippen LogP contribution in [-0.2, 0) is 6.42 Å². The summed E-state index contributed by atoms with van der Waals surface area (Å²) in [7, 11) is 1.00. The molecular weight excluding hydrogens is 207 g/mol. The SMILES string of the molecule is CCCc1c(Cl)cccc1Cl.CO. The van der Waals surface area contributed by atoms with Crippen LogP contribution in [0.3, 0.4) is 0 Å². The van der Waals surface area contributed by atoms with Gasteiger partial charge >= 0.3 is 0 Å². The maximum atomic E-state index is 7.00. The molecule has 1 aromatic rings. The number of hydrogen-bond acceptors (Lipinski definition) is 1. The fourth-order valence-corrected chi connectivity index (χ4v) is 1.61. The minimum Gasteiger partial charge on any atom is -0.400 e. The molecule has 1 nitrogen and oxygen atoms in total. The first-order valence-electron chi connectivity index (χ1n) is 4.13. The van der Waals surface area contributed by atoms with Crippen LogP contribution >= 0.6 is 23.2 Å². The number of halogens is 2. The summed E-state index contributed by atoms with van der Waals surface area (Å²) in [5.41, 5.74) is 1.07. The zero-order valence-corrected chi connectivity index (χ0v) is 9.36. The minimum atomic E-state index is 0.777. The molecule has 3 heteroatoms. The average Bonchev–Trinajstić information content (AvgIpc) is 2.15. The van der Waals surface area contributed by atoms with Crippen molar-refractivity contribution >= 4 is 23.2 Å². The smallest absolute Gasteiger partial charge is 0.0452 e. The summed E-state index contributed by atoms with van der Waals surface area (Å²) in [6, 6.07) is 5.61. The molecule has 0 saturated carbocycles. The van der Waals surface area contributed by atoms with Gasteiger partial charge in [0.15, 0.2) is 0 Å². The Morgan fingerprint density at radius 3 is 2.00 bits per heavy atom. The lowest BCUT2D eigenvalue weighted by molar-refractivity contribution is 0.399. The van der Waals surface area contributed by atoms with E-state index in [-0.39, 0.29) is 0 Å². The number of aliphatic hydroxyl groups is 1. The van der Waals surface area contributed by atoms with Crippen LogP contribution in [0.25, 0.3) is 0 Å². The van der Waals surface area contributed by atoms with Crippen molar-refractivity contribution in [2.75, 3.05) is 7.11 Å². The quantitative estimate of drug-likeness (QED) is 0.809. The molecule has 0 aliphatic carbocycles. The number of hydrogen-bond donors (Lipinski definition) is 1. The summed E-state index contributed by atoms with van der Waals surface area (Å²) < 4.78 is 0. The van der Waals surface area contributed by atoms with Gasteiger partial charge in [0.25, 0.3) is 0 Å². The predicted molar refractivity (Wildman–Crippen MR) is 58.6 cm³/mol. The third-order valence-electron chi connectivity index (χ3n) is 1.56. The Labute approximate surface area is 89.3 Å². The molecule has 0 spiro atoms. The Balaban J connectivity index is 0.000000671. The summed E-state index contributed by atoms with van der Waals surface area (Å²) in [4.78, 5) is 0. The first-order valence-corrected chi connectivity index (χ1v) is 4.89. The van der Waals surface area contributed by atoms with E-state index in [2.05, 4.69) is 6.92 Å². The predicted octanol–water partition coefficient (Wildman–Crippen LogP) is 3.55. The van der Waals surface area contributed by atoms with E-state index in [1.165, 1.54) is 0 Å². The lowest BCUT2D eigenvalue weighted by Crippen LogP contribution is -1.85. The summed E-state index contributed by atoms with van der Waals surface area (Å²) in [6.45, 7) is 2.11. The molecule has 1 N–H and O–H groups in total. The molecule has 0 fully saturated rings. The van der Waals surface area contributed by atoms with E-state index < -0.39 is 0 Å². The van der Waals surface area contributed by atoms with Crippen LogP contribution in [0.4, 0.5) is 0 Å². The summed E-state index contributed by atoms with van der Waals surface area (Å²) in [5.74, 6) is 0. The Morgan fingerprint density at radius 1 is 1.15 bits per heavy atom. The van der Waals surface area contributed by atoms with Crippen molar-refractivity contribution < 1.29 is 5.11 Å². The molecule has 1 aromatic carbocycles. The van der Waals surface area contributed by atoms with E-state index in [1.54, 1.807) is 0 Å². The monoisotopic (exact) mass is 220 g/mol. The van der Waals surface area contributed by atoms with E-state index >= 15 is 0 Å².